The van der Waals surface area contributed by atoms with Gasteiger partial charge >= 0.3 is 0 Å². The van der Waals surface area contributed by atoms with Gasteiger partial charge in [0.1, 0.15) is 6.04 Å². The van der Waals surface area contributed by atoms with E-state index in [0.29, 0.717) is 31.8 Å². The molecule has 2 rings (SSSR count). The lowest BCUT2D eigenvalue weighted by Crippen LogP contribution is -2.50. The minimum atomic E-state index is -0.475. The van der Waals surface area contributed by atoms with E-state index in [1.807, 2.05) is 68.4 Å². The molecule has 0 saturated carbocycles. The van der Waals surface area contributed by atoms with Crippen molar-refractivity contribution in [2.24, 2.45) is 5.92 Å². The summed E-state index contributed by atoms with van der Waals surface area (Å²) in [6.45, 7) is 9.15. The standard InChI is InChI=1S/C24H32N2O2/c1-5-22(24(28)25-16-18(2)3)26(17-21-9-7-6-8-10-21)23(27)15-20-13-11-19(4)12-14-20/h6-14,18,22H,5,15-17H2,1-4H3,(H,25,28)/t22-/m1/s1. The lowest BCUT2D eigenvalue weighted by Gasteiger charge is -2.31. The largest absolute Gasteiger partial charge is 0.354 e. The predicted octanol–water partition coefficient (Wildman–Crippen LogP) is 4.12. The van der Waals surface area contributed by atoms with Crippen molar-refractivity contribution in [2.75, 3.05) is 6.54 Å². The third-order valence-corrected chi connectivity index (χ3v) is 4.74. The summed E-state index contributed by atoms with van der Waals surface area (Å²) in [5, 5.41) is 2.99. The van der Waals surface area contributed by atoms with Crippen LogP contribution in [0.3, 0.4) is 0 Å². The van der Waals surface area contributed by atoms with Gasteiger partial charge in [-0.15, -0.1) is 0 Å². The molecular formula is C24H32N2O2. The zero-order chi connectivity index (χ0) is 20.5. The average Bonchev–Trinajstić information content (AvgIpc) is 2.68. The second-order valence-corrected chi connectivity index (χ2v) is 7.73. The summed E-state index contributed by atoms with van der Waals surface area (Å²) in [6.07, 6.45) is 0.872. The molecule has 4 nitrogen and oxygen atoms in total. The molecule has 2 amide bonds. The van der Waals surface area contributed by atoms with Crippen molar-refractivity contribution in [3.8, 4) is 0 Å². The fraction of sp³-hybridized carbons (Fsp3) is 0.417. The molecule has 28 heavy (non-hydrogen) atoms. The van der Waals surface area contributed by atoms with Crippen molar-refractivity contribution < 1.29 is 9.59 Å². The molecule has 150 valence electrons. The number of rotatable bonds is 9. The van der Waals surface area contributed by atoms with E-state index < -0.39 is 6.04 Å². The number of nitrogens with zero attached hydrogens (tertiary/aromatic N) is 1. The van der Waals surface area contributed by atoms with Crippen LogP contribution in [0, 0.1) is 12.8 Å². The van der Waals surface area contributed by atoms with Gasteiger partial charge in [0.05, 0.1) is 6.42 Å². The highest BCUT2D eigenvalue weighted by Gasteiger charge is 2.28. The van der Waals surface area contributed by atoms with Gasteiger partial charge in [-0.2, -0.15) is 0 Å². The number of hydrogen-bond donors (Lipinski definition) is 1. The van der Waals surface area contributed by atoms with Crippen LogP contribution in [0.1, 0.15) is 43.9 Å². The summed E-state index contributed by atoms with van der Waals surface area (Å²) in [4.78, 5) is 27.7. The highest BCUT2D eigenvalue weighted by atomic mass is 16.2. The quantitative estimate of drug-likeness (QED) is 0.711. The molecule has 0 heterocycles. The topological polar surface area (TPSA) is 49.4 Å². The van der Waals surface area contributed by atoms with Crippen LogP contribution in [0.5, 0.6) is 0 Å². The van der Waals surface area contributed by atoms with E-state index in [0.717, 1.165) is 16.7 Å². The lowest BCUT2D eigenvalue weighted by molar-refractivity contribution is -0.141. The summed E-state index contributed by atoms with van der Waals surface area (Å²) in [6, 6.07) is 17.4. The Morgan fingerprint density at radius 2 is 1.61 bits per heavy atom. The van der Waals surface area contributed by atoms with Crippen LogP contribution < -0.4 is 5.32 Å². The zero-order valence-electron chi connectivity index (χ0n) is 17.4. The smallest absolute Gasteiger partial charge is 0.242 e. The Hall–Kier alpha value is -2.62. The maximum atomic E-state index is 13.2. The van der Waals surface area contributed by atoms with Gasteiger partial charge in [-0.05, 0) is 30.4 Å². The van der Waals surface area contributed by atoms with Crippen LogP contribution in [0.4, 0.5) is 0 Å². The first-order valence-corrected chi connectivity index (χ1v) is 10.1. The Morgan fingerprint density at radius 1 is 0.964 bits per heavy atom. The van der Waals surface area contributed by atoms with E-state index in [4.69, 9.17) is 0 Å². The summed E-state index contributed by atoms with van der Waals surface area (Å²) in [5.74, 6) is 0.260. The van der Waals surface area contributed by atoms with Crippen molar-refractivity contribution in [1.29, 1.82) is 0 Å². The number of aryl methyl sites for hydroxylation is 1. The maximum absolute atomic E-state index is 13.2. The van der Waals surface area contributed by atoms with Crippen LogP contribution in [-0.4, -0.2) is 29.3 Å². The molecule has 4 heteroatoms. The summed E-state index contributed by atoms with van der Waals surface area (Å²) in [5.41, 5.74) is 3.15. The van der Waals surface area contributed by atoms with Crippen LogP contribution in [0.2, 0.25) is 0 Å². The highest BCUT2D eigenvalue weighted by molar-refractivity contribution is 5.88. The molecule has 0 aromatic heterocycles. The van der Waals surface area contributed by atoms with Gasteiger partial charge in [0.25, 0.3) is 0 Å². The molecule has 0 bridgehead atoms. The SMILES string of the molecule is CC[C@H](C(=O)NCC(C)C)N(Cc1ccccc1)C(=O)Cc1ccc(C)cc1. The van der Waals surface area contributed by atoms with E-state index in [2.05, 4.69) is 19.2 Å². The van der Waals surface area contributed by atoms with Crippen LogP contribution in [0.25, 0.3) is 0 Å². The van der Waals surface area contributed by atoms with Gasteiger partial charge in [0.15, 0.2) is 0 Å². The maximum Gasteiger partial charge on any atom is 0.242 e. The van der Waals surface area contributed by atoms with Gasteiger partial charge in [0, 0.05) is 13.1 Å². The van der Waals surface area contributed by atoms with Gasteiger partial charge < -0.3 is 10.2 Å². The second kappa shape index (κ2) is 10.6. The number of hydrogen-bond acceptors (Lipinski definition) is 2. The Bertz CT molecular complexity index is 754. The number of carbonyl (C=O) groups is 2. The molecule has 0 spiro atoms. The fourth-order valence-electron chi connectivity index (χ4n) is 3.10. The molecule has 0 aliphatic rings. The Balaban J connectivity index is 2.22. The average molecular weight is 381 g/mol. The molecule has 0 aliphatic carbocycles. The van der Waals surface area contributed by atoms with E-state index >= 15 is 0 Å². The number of nitrogens with one attached hydrogen (secondary N) is 1. The Labute approximate surface area is 169 Å². The molecule has 0 unspecified atom stereocenters. The van der Waals surface area contributed by atoms with Crippen molar-refractivity contribution >= 4 is 11.8 Å². The molecule has 1 atom stereocenters. The van der Waals surface area contributed by atoms with Gasteiger partial charge in [-0.3, -0.25) is 9.59 Å². The zero-order valence-corrected chi connectivity index (χ0v) is 17.4. The highest BCUT2D eigenvalue weighted by Crippen LogP contribution is 2.15. The molecule has 0 radical (unpaired) electrons. The Morgan fingerprint density at radius 3 is 2.18 bits per heavy atom. The van der Waals surface area contributed by atoms with E-state index in [9.17, 15) is 9.59 Å². The molecular weight excluding hydrogens is 348 g/mol. The lowest BCUT2D eigenvalue weighted by atomic mass is 10.1. The third kappa shape index (κ3) is 6.52. The molecule has 0 saturated heterocycles. The third-order valence-electron chi connectivity index (χ3n) is 4.74. The van der Waals surface area contributed by atoms with Crippen molar-refractivity contribution in [1.82, 2.24) is 10.2 Å². The van der Waals surface area contributed by atoms with E-state index in [-0.39, 0.29) is 11.8 Å². The van der Waals surface area contributed by atoms with Gasteiger partial charge in [0.2, 0.25) is 11.8 Å². The van der Waals surface area contributed by atoms with Crippen LogP contribution in [0.15, 0.2) is 54.6 Å². The van der Waals surface area contributed by atoms with Crippen molar-refractivity contribution in [3.05, 3.63) is 71.3 Å². The monoisotopic (exact) mass is 380 g/mol. The fourth-order valence-corrected chi connectivity index (χ4v) is 3.10. The van der Waals surface area contributed by atoms with Crippen molar-refractivity contribution in [2.45, 2.75) is 53.1 Å². The number of carbonyl (C=O) groups excluding carboxylic acids is 2. The summed E-state index contributed by atoms with van der Waals surface area (Å²) < 4.78 is 0. The Kier molecular flexibility index (Phi) is 8.24. The normalized spacial score (nSPS) is 11.9. The number of benzene rings is 2. The van der Waals surface area contributed by atoms with Crippen molar-refractivity contribution in [3.63, 3.8) is 0 Å². The first kappa shape index (κ1) is 21.7. The summed E-state index contributed by atoms with van der Waals surface area (Å²) in [7, 11) is 0. The molecule has 0 aliphatic heterocycles. The van der Waals surface area contributed by atoms with Crippen LogP contribution in [-0.2, 0) is 22.6 Å². The molecule has 1 N–H and O–H groups in total. The minimum Gasteiger partial charge on any atom is -0.354 e. The first-order chi connectivity index (χ1) is 13.4. The van der Waals surface area contributed by atoms with Gasteiger partial charge in [-0.1, -0.05) is 80.9 Å². The predicted molar refractivity (Wildman–Crippen MR) is 114 cm³/mol. The molecule has 0 fully saturated rings. The first-order valence-electron chi connectivity index (χ1n) is 10.1. The van der Waals surface area contributed by atoms with E-state index in [1.54, 1.807) is 4.90 Å². The minimum absolute atomic E-state index is 0.0285. The van der Waals surface area contributed by atoms with E-state index in [1.165, 1.54) is 0 Å². The number of amides is 2. The second-order valence-electron chi connectivity index (χ2n) is 7.73. The summed E-state index contributed by atoms with van der Waals surface area (Å²) >= 11 is 0. The molecule has 2 aromatic carbocycles. The molecule has 2 aromatic rings. The van der Waals surface area contributed by atoms with Crippen LogP contribution >= 0.6 is 0 Å². The van der Waals surface area contributed by atoms with Gasteiger partial charge in [-0.25, -0.2) is 0 Å².